The fourth-order valence-electron chi connectivity index (χ4n) is 3.03. The minimum atomic E-state index is -3.93. The first-order chi connectivity index (χ1) is 14.6. The van der Waals surface area contributed by atoms with Crippen molar-refractivity contribution < 1.29 is 22.7 Å². The molecule has 0 saturated carbocycles. The topological polar surface area (TPSA) is 107 Å². The van der Waals surface area contributed by atoms with Crippen molar-refractivity contribution in [1.29, 1.82) is 0 Å². The number of ether oxygens (including phenoxy) is 2. The Morgan fingerprint density at radius 2 is 1.84 bits per heavy atom. The maximum atomic E-state index is 13.0. The van der Waals surface area contributed by atoms with E-state index in [9.17, 15) is 13.2 Å². The lowest BCUT2D eigenvalue weighted by molar-refractivity contribution is -0.118. The second kappa shape index (κ2) is 9.21. The molecule has 1 amide bonds. The molecule has 2 aromatic carbocycles. The number of nitrogens with one attached hydrogen (secondary N) is 2. The average Bonchev–Trinajstić information content (AvgIpc) is 3.11. The molecule has 0 saturated heterocycles. The Balaban J connectivity index is 1.84. The molecule has 1 atom stereocenters. The van der Waals surface area contributed by atoms with Gasteiger partial charge in [0, 0.05) is 6.07 Å². The van der Waals surface area contributed by atoms with Crippen LogP contribution in [0.4, 0.5) is 5.69 Å². The molecule has 0 aliphatic heterocycles. The zero-order chi connectivity index (χ0) is 22.8. The van der Waals surface area contributed by atoms with Gasteiger partial charge in [-0.25, -0.2) is 13.4 Å². The normalized spacial score (nSPS) is 12.7. The Labute approximate surface area is 185 Å². The second-order valence-electron chi connectivity index (χ2n) is 7.26. The highest BCUT2D eigenvalue weighted by Gasteiger charge is 2.29. The van der Waals surface area contributed by atoms with Gasteiger partial charge in [0.2, 0.25) is 15.9 Å². The van der Waals surface area contributed by atoms with Gasteiger partial charge >= 0.3 is 0 Å². The molecule has 0 aliphatic carbocycles. The predicted molar refractivity (Wildman–Crippen MR) is 121 cm³/mol. The standard InChI is InChI=1S/C21H25N3O5S2/c1-12(2)20(21(25)23-16-8-6-14(28-4)10-18(16)29-5)24-31(26,27)15-7-9-17-19(11-15)30-13(3)22-17/h6-12,20,24H,1-5H3,(H,23,25)/t20-/m0/s1. The van der Waals surface area contributed by atoms with E-state index in [0.29, 0.717) is 17.2 Å². The number of sulfonamides is 1. The van der Waals surface area contributed by atoms with Crippen molar-refractivity contribution in [3.8, 4) is 11.5 Å². The highest BCUT2D eigenvalue weighted by atomic mass is 32.2. The van der Waals surface area contributed by atoms with Crippen LogP contribution in [-0.2, 0) is 14.8 Å². The van der Waals surface area contributed by atoms with Crippen LogP contribution in [-0.4, -0.2) is 39.6 Å². The van der Waals surface area contributed by atoms with Gasteiger partial charge < -0.3 is 14.8 Å². The Morgan fingerprint density at radius 1 is 1.10 bits per heavy atom. The van der Waals surface area contributed by atoms with Crippen molar-refractivity contribution in [2.45, 2.75) is 31.7 Å². The van der Waals surface area contributed by atoms with Crippen LogP contribution < -0.4 is 19.5 Å². The first kappa shape index (κ1) is 23.0. The first-order valence-corrected chi connectivity index (χ1v) is 11.9. The minimum Gasteiger partial charge on any atom is -0.497 e. The summed E-state index contributed by atoms with van der Waals surface area (Å²) in [6.07, 6.45) is 0. The number of fused-ring (bicyclic) bond motifs is 1. The molecule has 0 radical (unpaired) electrons. The smallest absolute Gasteiger partial charge is 0.242 e. The number of hydrogen-bond acceptors (Lipinski definition) is 7. The third-order valence-corrected chi connectivity index (χ3v) is 7.05. The summed E-state index contributed by atoms with van der Waals surface area (Å²) in [5, 5.41) is 3.60. The molecule has 0 spiro atoms. The third-order valence-electron chi connectivity index (χ3n) is 4.67. The average molecular weight is 464 g/mol. The zero-order valence-electron chi connectivity index (χ0n) is 17.9. The third kappa shape index (κ3) is 5.15. The molecule has 3 rings (SSSR count). The molecular weight excluding hydrogens is 438 g/mol. The minimum absolute atomic E-state index is 0.0872. The number of nitrogens with zero attached hydrogens (tertiary/aromatic N) is 1. The number of rotatable bonds is 8. The number of aromatic nitrogens is 1. The first-order valence-electron chi connectivity index (χ1n) is 9.57. The maximum absolute atomic E-state index is 13.0. The molecule has 2 N–H and O–H groups in total. The fourth-order valence-corrected chi connectivity index (χ4v) is 5.34. The Kier molecular flexibility index (Phi) is 6.83. The molecular formula is C21H25N3O5S2. The van der Waals surface area contributed by atoms with Crippen molar-refractivity contribution in [2.75, 3.05) is 19.5 Å². The van der Waals surface area contributed by atoms with Gasteiger partial charge in [-0.05, 0) is 43.2 Å². The summed E-state index contributed by atoms with van der Waals surface area (Å²) in [6.45, 7) is 5.41. The van der Waals surface area contributed by atoms with Gasteiger partial charge in [-0.1, -0.05) is 13.8 Å². The number of methoxy groups -OCH3 is 2. The molecule has 0 fully saturated rings. The number of benzene rings is 2. The number of hydrogen-bond donors (Lipinski definition) is 2. The van der Waals surface area contributed by atoms with E-state index in [1.165, 1.54) is 31.6 Å². The Bertz CT molecular complexity index is 1200. The SMILES string of the molecule is COc1ccc(NC(=O)[C@@H](NS(=O)(=O)c2ccc3nc(C)sc3c2)C(C)C)c(OC)c1. The summed E-state index contributed by atoms with van der Waals surface area (Å²) >= 11 is 1.42. The van der Waals surface area contributed by atoms with E-state index in [1.54, 1.807) is 44.2 Å². The van der Waals surface area contributed by atoms with Crippen molar-refractivity contribution in [3.63, 3.8) is 0 Å². The van der Waals surface area contributed by atoms with E-state index >= 15 is 0 Å². The van der Waals surface area contributed by atoms with E-state index in [1.807, 2.05) is 6.92 Å². The zero-order valence-corrected chi connectivity index (χ0v) is 19.6. The summed E-state index contributed by atoms with van der Waals surface area (Å²) in [5.41, 5.74) is 1.16. The van der Waals surface area contributed by atoms with Gasteiger partial charge in [-0.3, -0.25) is 4.79 Å². The fraction of sp³-hybridized carbons (Fsp3) is 0.333. The van der Waals surface area contributed by atoms with Crippen LogP contribution in [0.25, 0.3) is 10.2 Å². The molecule has 166 valence electrons. The lowest BCUT2D eigenvalue weighted by Crippen LogP contribution is -2.47. The summed E-state index contributed by atoms with van der Waals surface area (Å²) < 4.78 is 39.8. The van der Waals surface area contributed by atoms with E-state index < -0.39 is 22.0 Å². The van der Waals surface area contributed by atoms with Crippen LogP contribution in [0.1, 0.15) is 18.9 Å². The van der Waals surface area contributed by atoms with Gasteiger partial charge in [-0.2, -0.15) is 4.72 Å². The quantitative estimate of drug-likeness (QED) is 0.529. The van der Waals surface area contributed by atoms with Crippen molar-refractivity contribution in [3.05, 3.63) is 41.4 Å². The number of carbonyl (C=O) groups excluding carboxylic acids is 1. The molecule has 31 heavy (non-hydrogen) atoms. The summed E-state index contributed by atoms with van der Waals surface area (Å²) in [5.74, 6) is 0.193. The van der Waals surface area contributed by atoms with Gasteiger partial charge in [0.05, 0.1) is 40.0 Å². The van der Waals surface area contributed by atoms with Crippen LogP contribution in [0.5, 0.6) is 11.5 Å². The predicted octanol–water partition coefficient (Wildman–Crippen LogP) is 3.56. The second-order valence-corrected chi connectivity index (χ2v) is 10.2. The molecule has 10 heteroatoms. The van der Waals surface area contributed by atoms with E-state index in [0.717, 1.165) is 15.2 Å². The maximum Gasteiger partial charge on any atom is 0.242 e. The van der Waals surface area contributed by atoms with E-state index in [4.69, 9.17) is 9.47 Å². The lowest BCUT2D eigenvalue weighted by Gasteiger charge is -2.22. The van der Waals surface area contributed by atoms with Gasteiger partial charge in [0.1, 0.15) is 17.5 Å². The van der Waals surface area contributed by atoms with Crippen LogP contribution >= 0.6 is 11.3 Å². The number of amides is 1. The molecule has 1 heterocycles. The van der Waals surface area contributed by atoms with Gasteiger partial charge in [0.15, 0.2) is 0 Å². The van der Waals surface area contributed by atoms with Crippen LogP contribution in [0.15, 0.2) is 41.3 Å². The summed E-state index contributed by atoms with van der Waals surface area (Å²) in [6, 6.07) is 8.70. The van der Waals surface area contributed by atoms with Crippen LogP contribution in [0.3, 0.4) is 0 Å². The van der Waals surface area contributed by atoms with Crippen molar-refractivity contribution in [2.24, 2.45) is 5.92 Å². The van der Waals surface area contributed by atoms with Gasteiger partial charge in [-0.15, -0.1) is 11.3 Å². The largest absolute Gasteiger partial charge is 0.497 e. The molecule has 0 aliphatic rings. The van der Waals surface area contributed by atoms with Crippen LogP contribution in [0, 0.1) is 12.8 Å². The van der Waals surface area contributed by atoms with Crippen molar-refractivity contribution >= 4 is 43.2 Å². The monoisotopic (exact) mass is 463 g/mol. The van der Waals surface area contributed by atoms with Crippen LogP contribution in [0.2, 0.25) is 0 Å². The highest BCUT2D eigenvalue weighted by molar-refractivity contribution is 7.89. The van der Waals surface area contributed by atoms with Crippen molar-refractivity contribution in [1.82, 2.24) is 9.71 Å². The number of anilines is 1. The van der Waals surface area contributed by atoms with E-state index in [2.05, 4.69) is 15.0 Å². The molecule has 8 nitrogen and oxygen atoms in total. The Hall–Kier alpha value is -2.69. The number of carbonyl (C=O) groups is 1. The highest BCUT2D eigenvalue weighted by Crippen LogP contribution is 2.30. The Morgan fingerprint density at radius 3 is 2.48 bits per heavy atom. The number of aryl methyl sites for hydroxylation is 1. The molecule has 1 aromatic heterocycles. The molecule has 3 aromatic rings. The summed E-state index contributed by atoms with van der Waals surface area (Å²) in [4.78, 5) is 17.4. The number of thiazole rings is 1. The molecule has 0 bridgehead atoms. The van der Waals surface area contributed by atoms with Gasteiger partial charge in [0.25, 0.3) is 0 Å². The summed E-state index contributed by atoms with van der Waals surface area (Å²) in [7, 11) is -0.928. The molecule has 0 unspecified atom stereocenters. The lowest BCUT2D eigenvalue weighted by atomic mass is 10.0. The van der Waals surface area contributed by atoms with E-state index in [-0.39, 0.29) is 10.8 Å².